The van der Waals surface area contributed by atoms with E-state index in [1.54, 1.807) is 21.1 Å². The summed E-state index contributed by atoms with van der Waals surface area (Å²) in [6.07, 6.45) is 0. The second-order valence-corrected chi connectivity index (χ2v) is 4.38. The average molecular weight is 242 g/mol. The largest absolute Gasteiger partial charge is 0.397 e. The lowest BCUT2D eigenvalue weighted by Crippen LogP contribution is -2.22. The number of hydrogen-bond acceptors (Lipinski definition) is 5. The number of nitrogens with two attached hydrogens (primary N) is 2. The first-order valence-electron chi connectivity index (χ1n) is 4.51. The van der Waals surface area contributed by atoms with Crippen LogP contribution in [0.3, 0.4) is 0 Å². The predicted octanol–water partition coefficient (Wildman–Crippen LogP) is 0.173. The van der Waals surface area contributed by atoms with Crippen LogP contribution in [0.1, 0.15) is 20.0 Å². The Morgan fingerprint density at radius 3 is 2.25 bits per heavy atom. The molecule has 0 saturated heterocycles. The van der Waals surface area contributed by atoms with Crippen LogP contribution in [0.25, 0.3) is 0 Å². The molecule has 0 aliphatic carbocycles. The van der Waals surface area contributed by atoms with Crippen molar-refractivity contribution in [3.63, 3.8) is 0 Å². The maximum Gasteiger partial charge on any atom is 0.265 e. The maximum absolute atomic E-state index is 11.7. The molecule has 1 heterocycles. The summed E-state index contributed by atoms with van der Waals surface area (Å²) in [6, 6.07) is 0. The Labute approximate surface area is 97.2 Å². The number of thiophene rings is 1. The van der Waals surface area contributed by atoms with Crippen molar-refractivity contribution in [2.75, 3.05) is 32.2 Å². The molecule has 7 heteroatoms. The molecule has 0 bridgehead atoms. The monoisotopic (exact) mass is 242 g/mol. The molecule has 1 aromatic heterocycles. The fourth-order valence-electron chi connectivity index (χ4n) is 1.23. The highest BCUT2D eigenvalue weighted by Crippen LogP contribution is 2.35. The standard InChI is InChI=1S/C9H14N4O2S/c1-12-8-4(7(11)14)5(10)6(16-8)9(15)13(2)3/h12H,10H2,1-3H3,(H2,11,14). The zero-order valence-corrected chi connectivity index (χ0v) is 10.1. The third-order valence-electron chi connectivity index (χ3n) is 2.02. The lowest BCUT2D eigenvalue weighted by atomic mass is 10.2. The molecule has 0 unspecified atom stereocenters. The molecule has 0 spiro atoms. The summed E-state index contributed by atoms with van der Waals surface area (Å²) in [5.41, 5.74) is 11.3. The number of nitrogen functional groups attached to an aromatic ring is 1. The van der Waals surface area contributed by atoms with Crippen molar-refractivity contribution in [2.45, 2.75) is 0 Å². The predicted molar refractivity (Wildman–Crippen MR) is 64.8 cm³/mol. The van der Waals surface area contributed by atoms with Crippen LogP contribution in [-0.4, -0.2) is 37.9 Å². The van der Waals surface area contributed by atoms with E-state index in [1.165, 1.54) is 4.90 Å². The Balaban J connectivity index is 3.34. The van der Waals surface area contributed by atoms with Gasteiger partial charge in [0, 0.05) is 21.1 Å². The molecule has 16 heavy (non-hydrogen) atoms. The Hall–Kier alpha value is -1.76. The van der Waals surface area contributed by atoms with Crippen molar-refractivity contribution in [3.8, 4) is 0 Å². The molecule has 1 aromatic rings. The highest BCUT2D eigenvalue weighted by molar-refractivity contribution is 7.19. The Bertz CT molecular complexity index is 439. The minimum atomic E-state index is -0.643. The van der Waals surface area contributed by atoms with Crippen molar-refractivity contribution >= 4 is 33.8 Å². The minimum absolute atomic E-state index is 0.139. The molecule has 0 aliphatic rings. The summed E-state index contributed by atoms with van der Waals surface area (Å²) < 4.78 is 0. The van der Waals surface area contributed by atoms with Gasteiger partial charge < -0.3 is 21.7 Å². The summed E-state index contributed by atoms with van der Waals surface area (Å²) in [4.78, 5) is 24.7. The molecular formula is C9H14N4O2S. The SMILES string of the molecule is CNc1sc(C(=O)N(C)C)c(N)c1C(N)=O. The first-order valence-corrected chi connectivity index (χ1v) is 5.33. The normalized spacial score (nSPS) is 9.94. The molecule has 6 nitrogen and oxygen atoms in total. The lowest BCUT2D eigenvalue weighted by molar-refractivity contribution is 0.0833. The van der Waals surface area contributed by atoms with Crippen LogP contribution >= 0.6 is 11.3 Å². The van der Waals surface area contributed by atoms with E-state index in [-0.39, 0.29) is 17.2 Å². The fraction of sp³-hybridized carbons (Fsp3) is 0.333. The molecule has 0 aromatic carbocycles. The number of carbonyl (C=O) groups is 2. The zero-order valence-electron chi connectivity index (χ0n) is 9.33. The molecule has 0 saturated carbocycles. The van der Waals surface area contributed by atoms with Crippen LogP contribution in [0, 0.1) is 0 Å². The van der Waals surface area contributed by atoms with Crippen LogP contribution in [0.5, 0.6) is 0 Å². The van der Waals surface area contributed by atoms with Gasteiger partial charge in [0.15, 0.2) is 0 Å². The second-order valence-electron chi connectivity index (χ2n) is 3.36. The van der Waals surface area contributed by atoms with Gasteiger partial charge in [-0.3, -0.25) is 9.59 Å². The topological polar surface area (TPSA) is 101 Å². The summed E-state index contributed by atoms with van der Waals surface area (Å²) >= 11 is 1.12. The van der Waals surface area contributed by atoms with Crippen LogP contribution in [0.2, 0.25) is 0 Å². The number of amides is 2. The molecule has 1 rings (SSSR count). The van der Waals surface area contributed by atoms with E-state index in [4.69, 9.17) is 11.5 Å². The van der Waals surface area contributed by atoms with Gasteiger partial charge >= 0.3 is 0 Å². The van der Waals surface area contributed by atoms with Gasteiger partial charge in [-0.15, -0.1) is 11.3 Å². The quantitative estimate of drug-likeness (QED) is 0.703. The number of nitrogens with zero attached hydrogens (tertiary/aromatic N) is 1. The van der Waals surface area contributed by atoms with Crippen molar-refractivity contribution < 1.29 is 9.59 Å². The number of primary amides is 1. The third kappa shape index (κ3) is 1.94. The van der Waals surface area contributed by atoms with Gasteiger partial charge in [-0.05, 0) is 0 Å². The summed E-state index contributed by atoms with van der Waals surface area (Å²) in [7, 11) is 4.87. The van der Waals surface area contributed by atoms with E-state index in [1.807, 2.05) is 0 Å². The summed E-state index contributed by atoms with van der Waals surface area (Å²) in [5, 5.41) is 3.31. The molecule has 2 amide bonds. The molecule has 5 N–H and O–H groups in total. The first kappa shape index (κ1) is 12.3. The summed E-state index contributed by atoms with van der Waals surface area (Å²) in [5.74, 6) is -0.887. The fourth-order valence-corrected chi connectivity index (χ4v) is 2.33. The van der Waals surface area contributed by atoms with Crippen molar-refractivity contribution in [2.24, 2.45) is 5.73 Å². The van der Waals surface area contributed by atoms with Crippen LogP contribution < -0.4 is 16.8 Å². The Morgan fingerprint density at radius 1 is 1.38 bits per heavy atom. The van der Waals surface area contributed by atoms with E-state index in [0.717, 1.165) is 11.3 Å². The average Bonchev–Trinajstić information content (AvgIpc) is 2.53. The van der Waals surface area contributed by atoms with Crippen LogP contribution in [-0.2, 0) is 0 Å². The van der Waals surface area contributed by atoms with Crippen molar-refractivity contribution in [1.82, 2.24) is 4.90 Å². The molecule has 0 aliphatic heterocycles. The highest BCUT2D eigenvalue weighted by Gasteiger charge is 2.24. The van der Waals surface area contributed by atoms with Gasteiger partial charge in [-0.1, -0.05) is 0 Å². The second kappa shape index (κ2) is 4.40. The van der Waals surface area contributed by atoms with E-state index >= 15 is 0 Å². The Morgan fingerprint density at radius 2 is 1.94 bits per heavy atom. The number of rotatable bonds is 3. The van der Waals surface area contributed by atoms with Gasteiger partial charge in [-0.2, -0.15) is 0 Å². The zero-order chi connectivity index (χ0) is 12.5. The molecular weight excluding hydrogens is 228 g/mol. The highest BCUT2D eigenvalue weighted by atomic mass is 32.1. The van der Waals surface area contributed by atoms with E-state index in [2.05, 4.69) is 5.32 Å². The lowest BCUT2D eigenvalue weighted by Gasteiger charge is -2.08. The van der Waals surface area contributed by atoms with E-state index in [0.29, 0.717) is 9.88 Å². The van der Waals surface area contributed by atoms with E-state index in [9.17, 15) is 9.59 Å². The van der Waals surface area contributed by atoms with Gasteiger partial charge in [0.05, 0.1) is 11.3 Å². The van der Waals surface area contributed by atoms with Gasteiger partial charge in [0.25, 0.3) is 11.8 Å². The molecule has 0 fully saturated rings. The van der Waals surface area contributed by atoms with E-state index < -0.39 is 5.91 Å². The number of hydrogen-bond donors (Lipinski definition) is 3. The van der Waals surface area contributed by atoms with Crippen LogP contribution in [0.15, 0.2) is 0 Å². The number of nitrogens with one attached hydrogen (secondary N) is 1. The van der Waals surface area contributed by atoms with Crippen LogP contribution in [0.4, 0.5) is 10.7 Å². The van der Waals surface area contributed by atoms with Gasteiger partial charge in [-0.25, -0.2) is 0 Å². The number of carbonyl (C=O) groups excluding carboxylic acids is 2. The van der Waals surface area contributed by atoms with Gasteiger partial charge in [0.2, 0.25) is 0 Å². The number of anilines is 2. The molecule has 88 valence electrons. The molecule has 0 radical (unpaired) electrons. The van der Waals surface area contributed by atoms with Gasteiger partial charge in [0.1, 0.15) is 9.88 Å². The van der Waals surface area contributed by atoms with Crippen molar-refractivity contribution in [1.29, 1.82) is 0 Å². The van der Waals surface area contributed by atoms with Crippen molar-refractivity contribution in [3.05, 3.63) is 10.4 Å². The third-order valence-corrected chi connectivity index (χ3v) is 3.23. The summed E-state index contributed by atoms with van der Waals surface area (Å²) in [6.45, 7) is 0. The minimum Gasteiger partial charge on any atom is -0.397 e. The maximum atomic E-state index is 11.7. The first-order chi connectivity index (χ1) is 7.40. The molecule has 0 atom stereocenters. The smallest absolute Gasteiger partial charge is 0.265 e. The Kier molecular flexibility index (Phi) is 3.38.